The molecule has 1 fully saturated rings. The number of hydrogen-bond donors (Lipinski definition) is 1. The summed E-state index contributed by atoms with van der Waals surface area (Å²) >= 11 is 6.19. The van der Waals surface area contributed by atoms with Crippen LogP contribution < -0.4 is 5.32 Å². The monoisotopic (exact) mass is 490 g/mol. The van der Waals surface area contributed by atoms with Gasteiger partial charge < -0.3 is 10.1 Å². The molecule has 2 aromatic carbocycles. The van der Waals surface area contributed by atoms with Crippen molar-refractivity contribution in [3.8, 4) is 0 Å². The van der Waals surface area contributed by atoms with Crippen LogP contribution in [0.3, 0.4) is 0 Å². The lowest BCUT2D eigenvalue weighted by molar-refractivity contribution is -0.124. The summed E-state index contributed by atoms with van der Waals surface area (Å²) in [4.78, 5) is 23.8. The number of carbonyl (C=O) groups is 2. The second-order valence-corrected chi connectivity index (χ2v) is 10.2. The zero-order valence-corrected chi connectivity index (χ0v) is 19.8. The van der Waals surface area contributed by atoms with Crippen molar-refractivity contribution >= 4 is 33.5 Å². The first-order chi connectivity index (χ1) is 15.8. The van der Waals surface area contributed by atoms with Gasteiger partial charge in [-0.3, -0.25) is 4.79 Å². The fourth-order valence-electron chi connectivity index (χ4n) is 3.72. The van der Waals surface area contributed by atoms with Crippen molar-refractivity contribution in [3.05, 3.63) is 77.3 Å². The molecular weight excluding hydrogens is 464 g/mol. The number of nitrogens with zero attached hydrogens (tertiary/aromatic N) is 1. The van der Waals surface area contributed by atoms with E-state index < -0.39 is 28.5 Å². The number of esters is 1. The zero-order valence-electron chi connectivity index (χ0n) is 18.2. The maximum Gasteiger partial charge on any atom is 0.338 e. The molecule has 1 saturated heterocycles. The summed E-state index contributed by atoms with van der Waals surface area (Å²) in [6.07, 6.45) is 3.90. The quantitative estimate of drug-likeness (QED) is 0.429. The van der Waals surface area contributed by atoms with Gasteiger partial charge in [-0.05, 0) is 48.9 Å². The lowest BCUT2D eigenvalue weighted by Crippen LogP contribution is -2.39. The average Bonchev–Trinajstić information content (AvgIpc) is 2.82. The Bertz CT molecular complexity index is 1100. The number of rotatable bonds is 9. The van der Waals surface area contributed by atoms with Crippen molar-refractivity contribution in [2.24, 2.45) is 5.92 Å². The van der Waals surface area contributed by atoms with E-state index in [1.165, 1.54) is 34.1 Å². The number of amides is 1. The van der Waals surface area contributed by atoms with Gasteiger partial charge in [0.15, 0.2) is 6.61 Å². The fourth-order valence-corrected chi connectivity index (χ4v) is 5.69. The van der Waals surface area contributed by atoms with Crippen LogP contribution in [0.1, 0.15) is 28.8 Å². The Balaban J connectivity index is 1.65. The Hall–Kier alpha value is -2.68. The van der Waals surface area contributed by atoms with Crippen molar-refractivity contribution in [1.29, 1.82) is 0 Å². The topological polar surface area (TPSA) is 92.8 Å². The second-order valence-electron chi connectivity index (χ2n) is 7.85. The van der Waals surface area contributed by atoms with E-state index in [2.05, 4.69) is 24.0 Å². The zero-order chi connectivity index (χ0) is 23.8. The summed E-state index contributed by atoms with van der Waals surface area (Å²) in [5.41, 5.74) is 1.25. The van der Waals surface area contributed by atoms with Gasteiger partial charge in [0, 0.05) is 19.6 Å². The molecule has 33 heavy (non-hydrogen) atoms. The van der Waals surface area contributed by atoms with E-state index in [1.807, 2.05) is 18.2 Å². The first-order valence-corrected chi connectivity index (χ1v) is 12.5. The molecule has 176 valence electrons. The number of piperidine rings is 1. The van der Waals surface area contributed by atoms with Crippen molar-refractivity contribution in [2.45, 2.75) is 24.2 Å². The van der Waals surface area contributed by atoms with Crippen LogP contribution in [0.5, 0.6) is 0 Å². The Morgan fingerprint density at radius 2 is 1.85 bits per heavy atom. The second kappa shape index (κ2) is 11.4. The SMILES string of the molecule is C=CCNC(=O)COC(=O)c1ccc(Cl)c(S(=O)(=O)N2CCC(Cc3ccccc3)CC2)c1. The molecule has 3 rings (SSSR count). The highest BCUT2D eigenvalue weighted by atomic mass is 35.5. The molecule has 0 radical (unpaired) electrons. The van der Waals surface area contributed by atoms with E-state index in [0.717, 1.165) is 19.3 Å². The van der Waals surface area contributed by atoms with Gasteiger partial charge in [-0.2, -0.15) is 4.31 Å². The summed E-state index contributed by atoms with van der Waals surface area (Å²) < 4.78 is 32.9. The van der Waals surface area contributed by atoms with Crippen LogP contribution in [0.2, 0.25) is 5.02 Å². The Labute approximate surface area is 199 Å². The molecule has 1 heterocycles. The molecule has 0 bridgehead atoms. The van der Waals surface area contributed by atoms with Gasteiger partial charge in [-0.15, -0.1) is 6.58 Å². The molecule has 1 aliphatic heterocycles. The number of nitrogens with one attached hydrogen (secondary N) is 1. The highest BCUT2D eigenvalue weighted by molar-refractivity contribution is 7.89. The van der Waals surface area contributed by atoms with Gasteiger partial charge in [0.25, 0.3) is 5.91 Å². The van der Waals surface area contributed by atoms with E-state index in [-0.39, 0.29) is 22.0 Å². The fraction of sp³-hybridized carbons (Fsp3) is 0.333. The van der Waals surface area contributed by atoms with Crippen LogP contribution in [0.4, 0.5) is 0 Å². The smallest absolute Gasteiger partial charge is 0.338 e. The summed E-state index contributed by atoms with van der Waals surface area (Å²) in [5, 5.41) is 2.52. The molecule has 7 nitrogen and oxygen atoms in total. The van der Waals surface area contributed by atoms with Crippen molar-refractivity contribution < 1.29 is 22.7 Å². The van der Waals surface area contributed by atoms with E-state index >= 15 is 0 Å². The summed E-state index contributed by atoms with van der Waals surface area (Å²) in [6.45, 7) is 4.02. The Kier molecular flexibility index (Phi) is 8.66. The average molecular weight is 491 g/mol. The number of ether oxygens (including phenoxy) is 1. The maximum absolute atomic E-state index is 13.2. The minimum atomic E-state index is -3.89. The molecule has 1 aliphatic rings. The number of benzene rings is 2. The van der Waals surface area contributed by atoms with Gasteiger partial charge in [0.1, 0.15) is 4.90 Å². The highest BCUT2D eigenvalue weighted by Crippen LogP contribution is 2.30. The normalized spacial score (nSPS) is 15.1. The van der Waals surface area contributed by atoms with Crippen LogP contribution in [0, 0.1) is 5.92 Å². The maximum atomic E-state index is 13.2. The van der Waals surface area contributed by atoms with Crippen LogP contribution in [-0.2, 0) is 26.0 Å². The Morgan fingerprint density at radius 3 is 2.52 bits per heavy atom. The number of halogens is 1. The van der Waals surface area contributed by atoms with Crippen LogP contribution in [-0.4, -0.2) is 50.8 Å². The third-order valence-electron chi connectivity index (χ3n) is 5.50. The molecular formula is C24H27ClN2O5S. The minimum absolute atomic E-state index is 0.00783. The molecule has 2 aromatic rings. The van der Waals surface area contributed by atoms with Gasteiger partial charge in [0.05, 0.1) is 10.6 Å². The van der Waals surface area contributed by atoms with Gasteiger partial charge in [0.2, 0.25) is 10.0 Å². The van der Waals surface area contributed by atoms with Gasteiger partial charge in [-0.1, -0.05) is 48.0 Å². The van der Waals surface area contributed by atoms with Crippen molar-refractivity contribution in [1.82, 2.24) is 9.62 Å². The van der Waals surface area contributed by atoms with E-state index in [9.17, 15) is 18.0 Å². The Morgan fingerprint density at radius 1 is 1.15 bits per heavy atom. The molecule has 0 aliphatic carbocycles. The lowest BCUT2D eigenvalue weighted by atomic mass is 9.91. The number of hydrogen-bond acceptors (Lipinski definition) is 5. The molecule has 0 aromatic heterocycles. The van der Waals surface area contributed by atoms with E-state index in [4.69, 9.17) is 16.3 Å². The molecule has 0 spiro atoms. The molecule has 0 saturated carbocycles. The standard InChI is InChI=1S/C24H27ClN2O5S/c1-2-12-26-23(28)17-32-24(29)20-8-9-21(25)22(16-20)33(30,31)27-13-10-19(11-14-27)15-18-6-4-3-5-7-18/h2-9,16,19H,1,10-15,17H2,(H,26,28). The highest BCUT2D eigenvalue weighted by Gasteiger charge is 2.31. The molecule has 0 atom stereocenters. The third-order valence-corrected chi connectivity index (χ3v) is 7.88. The van der Waals surface area contributed by atoms with Crippen molar-refractivity contribution in [2.75, 3.05) is 26.2 Å². The predicted molar refractivity (Wildman–Crippen MR) is 127 cm³/mol. The molecule has 1 N–H and O–H groups in total. The summed E-state index contributed by atoms with van der Waals surface area (Å²) in [6, 6.07) is 14.1. The van der Waals surface area contributed by atoms with Gasteiger partial charge in [-0.25, -0.2) is 13.2 Å². The predicted octanol–water partition coefficient (Wildman–Crippen LogP) is 3.44. The first-order valence-electron chi connectivity index (χ1n) is 10.7. The lowest BCUT2D eigenvalue weighted by Gasteiger charge is -2.31. The van der Waals surface area contributed by atoms with E-state index in [1.54, 1.807) is 0 Å². The van der Waals surface area contributed by atoms with Crippen LogP contribution in [0.25, 0.3) is 0 Å². The van der Waals surface area contributed by atoms with Crippen LogP contribution in [0.15, 0.2) is 66.1 Å². The number of sulfonamides is 1. The number of carbonyl (C=O) groups excluding carboxylic acids is 2. The third kappa shape index (κ3) is 6.66. The summed E-state index contributed by atoms with van der Waals surface area (Å²) in [7, 11) is -3.89. The molecule has 9 heteroatoms. The van der Waals surface area contributed by atoms with Crippen LogP contribution >= 0.6 is 11.6 Å². The van der Waals surface area contributed by atoms with Crippen molar-refractivity contribution in [3.63, 3.8) is 0 Å². The van der Waals surface area contributed by atoms with E-state index in [0.29, 0.717) is 19.0 Å². The largest absolute Gasteiger partial charge is 0.452 e. The minimum Gasteiger partial charge on any atom is -0.452 e. The molecule has 1 amide bonds. The first kappa shape index (κ1) is 25.0. The molecule has 0 unspecified atom stereocenters. The van der Waals surface area contributed by atoms with Gasteiger partial charge >= 0.3 is 5.97 Å². The summed E-state index contributed by atoms with van der Waals surface area (Å²) in [5.74, 6) is -0.884.